The largest absolute Gasteiger partial charge is 0.379 e. The second-order valence-corrected chi connectivity index (χ2v) is 6.70. The molecule has 6 heteroatoms. The molecule has 0 amide bonds. The SMILES string of the molecule is CN=C(NCCCOC1CCOC1)NCCN(C(C)C)C1CC1. The lowest BCUT2D eigenvalue weighted by Gasteiger charge is -2.26. The quantitative estimate of drug-likeness (QED) is 0.359. The minimum absolute atomic E-state index is 0.303. The van der Waals surface area contributed by atoms with Gasteiger partial charge in [0.15, 0.2) is 5.96 Å². The predicted octanol–water partition coefficient (Wildman–Crippen LogP) is 1.22. The highest BCUT2D eigenvalue weighted by Gasteiger charge is 2.30. The number of hydrogen-bond donors (Lipinski definition) is 2. The van der Waals surface area contributed by atoms with Crippen LogP contribution >= 0.6 is 0 Å². The Hall–Kier alpha value is -0.850. The van der Waals surface area contributed by atoms with E-state index in [4.69, 9.17) is 9.47 Å². The van der Waals surface area contributed by atoms with Crippen molar-refractivity contribution in [3.63, 3.8) is 0 Å². The molecule has 1 saturated heterocycles. The number of aliphatic imine (C=N–C) groups is 1. The van der Waals surface area contributed by atoms with Crippen LogP contribution in [0.25, 0.3) is 0 Å². The van der Waals surface area contributed by atoms with Gasteiger partial charge >= 0.3 is 0 Å². The second-order valence-electron chi connectivity index (χ2n) is 6.70. The van der Waals surface area contributed by atoms with Crippen LogP contribution in [0.3, 0.4) is 0 Å². The van der Waals surface area contributed by atoms with Crippen molar-refractivity contribution in [3.05, 3.63) is 0 Å². The Bertz CT molecular complexity index is 351. The fourth-order valence-electron chi connectivity index (χ4n) is 2.97. The van der Waals surface area contributed by atoms with E-state index in [1.165, 1.54) is 12.8 Å². The standard InChI is InChI=1S/C17H34N4O2/c1-14(2)21(15-5-6-15)10-9-20-17(18-3)19-8-4-11-23-16-7-12-22-13-16/h14-16H,4-13H2,1-3H3,(H2,18,19,20). The van der Waals surface area contributed by atoms with Crippen LogP contribution in [0.4, 0.5) is 0 Å². The smallest absolute Gasteiger partial charge is 0.191 e. The summed E-state index contributed by atoms with van der Waals surface area (Å²) in [4.78, 5) is 6.86. The Kier molecular flexibility index (Phi) is 8.12. The first kappa shape index (κ1) is 18.5. The Balaban J connectivity index is 1.50. The number of guanidine groups is 1. The van der Waals surface area contributed by atoms with E-state index in [1.54, 1.807) is 0 Å². The van der Waals surface area contributed by atoms with Crippen molar-refractivity contribution in [3.8, 4) is 0 Å². The van der Waals surface area contributed by atoms with Gasteiger partial charge in [-0.2, -0.15) is 0 Å². The minimum Gasteiger partial charge on any atom is -0.379 e. The molecular weight excluding hydrogens is 292 g/mol. The predicted molar refractivity (Wildman–Crippen MR) is 94.0 cm³/mol. The highest BCUT2D eigenvalue weighted by Crippen LogP contribution is 2.27. The average molecular weight is 326 g/mol. The van der Waals surface area contributed by atoms with Crippen LogP contribution in [0.15, 0.2) is 4.99 Å². The van der Waals surface area contributed by atoms with Gasteiger partial charge in [0.2, 0.25) is 0 Å². The Morgan fingerprint density at radius 3 is 2.65 bits per heavy atom. The average Bonchev–Trinajstić information content (AvgIpc) is 3.24. The fourth-order valence-corrected chi connectivity index (χ4v) is 2.97. The summed E-state index contributed by atoms with van der Waals surface area (Å²) in [5, 5.41) is 6.76. The number of nitrogens with zero attached hydrogens (tertiary/aromatic N) is 2. The molecule has 1 heterocycles. The van der Waals surface area contributed by atoms with Gasteiger partial charge in [0, 0.05) is 52.0 Å². The number of ether oxygens (including phenoxy) is 2. The molecule has 2 rings (SSSR count). The van der Waals surface area contributed by atoms with Gasteiger partial charge in [-0.15, -0.1) is 0 Å². The summed E-state index contributed by atoms with van der Waals surface area (Å²) in [5.74, 6) is 0.883. The molecule has 1 atom stereocenters. The first-order valence-corrected chi connectivity index (χ1v) is 9.10. The van der Waals surface area contributed by atoms with Crippen molar-refractivity contribution < 1.29 is 9.47 Å². The van der Waals surface area contributed by atoms with Gasteiger partial charge in [-0.1, -0.05) is 0 Å². The molecule has 0 aromatic rings. The highest BCUT2D eigenvalue weighted by molar-refractivity contribution is 5.79. The van der Waals surface area contributed by atoms with Crippen molar-refractivity contribution in [2.75, 3.05) is 46.5 Å². The van der Waals surface area contributed by atoms with Crippen LogP contribution in [0.1, 0.15) is 39.5 Å². The molecule has 6 nitrogen and oxygen atoms in total. The van der Waals surface area contributed by atoms with Gasteiger partial charge in [0.05, 0.1) is 12.7 Å². The number of hydrogen-bond acceptors (Lipinski definition) is 4. The summed E-state index contributed by atoms with van der Waals surface area (Å²) in [7, 11) is 1.82. The molecule has 0 aromatic carbocycles. The zero-order valence-electron chi connectivity index (χ0n) is 15.0. The lowest BCUT2D eigenvalue weighted by Crippen LogP contribution is -2.44. The van der Waals surface area contributed by atoms with Crippen LogP contribution in [0.2, 0.25) is 0 Å². The second kappa shape index (κ2) is 10.1. The van der Waals surface area contributed by atoms with Gasteiger partial charge in [0.1, 0.15) is 0 Å². The molecule has 2 fully saturated rings. The van der Waals surface area contributed by atoms with Crippen molar-refractivity contribution in [1.29, 1.82) is 0 Å². The Morgan fingerprint density at radius 2 is 2.04 bits per heavy atom. The molecule has 2 aliphatic rings. The third-order valence-corrected chi connectivity index (χ3v) is 4.42. The summed E-state index contributed by atoms with van der Waals surface area (Å²) >= 11 is 0. The normalized spacial score (nSPS) is 22.1. The summed E-state index contributed by atoms with van der Waals surface area (Å²) in [6, 6.07) is 1.43. The maximum atomic E-state index is 5.76. The summed E-state index contributed by atoms with van der Waals surface area (Å²) < 4.78 is 11.1. The topological polar surface area (TPSA) is 58.1 Å². The molecule has 0 aromatic heterocycles. The van der Waals surface area contributed by atoms with Gasteiger partial charge in [-0.25, -0.2) is 0 Å². The number of rotatable bonds is 10. The van der Waals surface area contributed by atoms with Gasteiger partial charge < -0.3 is 20.1 Å². The summed E-state index contributed by atoms with van der Waals surface area (Å²) in [6.07, 6.45) is 5.03. The lowest BCUT2D eigenvalue weighted by molar-refractivity contribution is 0.0420. The van der Waals surface area contributed by atoms with Crippen LogP contribution < -0.4 is 10.6 Å². The van der Waals surface area contributed by atoms with E-state index in [0.717, 1.165) is 64.3 Å². The molecular formula is C17H34N4O2. The molecule has 134 valence electrons. The number of nitrogens with one attached hydrogen (secondary N) is 2. The minimum atomic E-state index is 0.303. The van der Waals surface area contributed by atoms with E-state index >= 15 is 0 Å². The van der Waals surface area contributed by atoms with E-state index in [0.29, 0.717) is 12.1 Å². The summed E-state index contributed by atoms with van der Waals surface area (Å²) in [5.41, 5.74) is 0. The van der Waals surface area contributed by atoms with Crippen molar-refractivity contribution in [2.24, 2.45) is 4.99 Å². The first-order chi connectivity index (χ1) is 11.2. The monoisotopic (exact) mass is 326 g/mol. The molecule has 23 heavy (non-hydrogen) atoms. The molecule has 2 N–H and O–H groups in total. The lowest BCUT2D eigenvalue weighted by atomic mass is 10.3. The molecule has 0 bridgehead atoms. The van der Waals surface area contributed by atoms with Crippen LogP contribution in [0.5, 0.6) is 0 Å². The first-order valence-electron chi connectivity index (χ1n) is 9.10. The highest BCUT2D eigenvalue weighted by atomic mass is 16.5. The van der Waals surface area contributed by atoms with E-state index in [-0.39, 0.29) is 0 Å². The molecule has 1 aliphatic heterocycles. The molecule has 1 aliphatic carbocycles. The third kappa shape index (κ3) is 7.06. The molecule has 1 unspecified atom stereocenters. The Morgan fingerprint density at radius 1 is 1.26 bits per heavy atom. The zero-order valence-corrected chi connectivity index (χ0v) is 15.0. The van der Waals surface area contributed by atoms with Crippen LogP contribution in [-0.4, -0.2) is 75.5 Å². The van der Waals surface area contributed by atoms with Gasteiger partial charge in [0.25, 0.3) is 0 Å². The van der Waals surface area contributed by atoms with Crippen molar-refractivity contribution >= 4 is 5.96 Å². The fraction of sp³-hybridized carbons (Fsp3) is 0.941. The maximum Gasteiger partial charge on any atom is 0.191 e. The molecule has 0 radical (unpaired) electrons. The van der Waals surface area contributed by atoms with E-state index in [2.05, 4.69) is 34.4 Å². The van der Waals surface area contributed by atoms with Gasteiger partial charge in [-0.3, -0.25) is 9.89 Å². The summed E-state index contributed by atoms with van der Waals surface area (Å²) in [6.45, 7) is 9.82. The van der Waals surface area contributed by atoms with E-state index in [1.807, 2.05) is 7.05 Å². The van der Waals surface area contributed by atoms with Crippen molar-refractivity contribution in [1.82, 2.24) is 15.5 Å². The zero-order chi connectivity index (χ0) is 16.5. The van der Waals surface area contributed by atoms with E-state index in [9.17, 15) is 0 Å². The Labute approximate surface area is 141 Å². The van der Waals surface area contributed by atoms with Crippen LogP contribution in [0, 0.1) is 0 Å². The van der Waals surface area contributed by atoms with Crippen molar-refractivity contribution in [2.45, 2.75) is 57.7 Å². The maximum absolute atomic E-state index is 5.76. The van der Waals surface area contributed by atoms with E-state index < -0.39 is 0 Å². The van der Waals surface area contributed by atoms with Gasteiger partial charge in [-0.05, 0) is 39.5 Å². The van der Waals surface area contributed by atoms with Crippen LogP contribution in [-0.2, 0) is 9.47 Å². The molecule has 1 saturated carbocycles. The molecule has 0 spiro atoms. The third-order valence-electron chi connectivity index (χ3n) is 4.42.